The van der Waals surface area contributed by atoms with Gasteiger partial charge in [0.15, 0.2) is 0 Å². The molecule has 154 valence electrons. The summed E-state index contributed by atoms with van der Waals surface area (Å²) < 4.78 is 11.5. The first-order valence-electron chi connectivity index (χ1n) is 9.70. The molecule has 2 aliphatic rings. The normalized spacial score (nSPS) is 23.7. The average Bonchev–Trinajstić information content (AvgIpc) is 2.68. The molecule has 2 aliphatic heterocycles. The Morgan fingerprint density at radius 1 is 1.14 bits per heavy atom. The van der Waals surface area contributed by atoms with Crippen molar-refractivity contribution in [3.05, 3.63) is 35.9 Å². The van der Waals surface area contributed by atoms with E-state index in [2.05, 4.69) is 17.0 Å². The van der Waals surface area contributed by atoms with Gasteiger partial charge in [0.1, 0.15) is 6.10 Å². The largest absolute Gasteiger partial charge is 0.480 e. The van der Waals surface area contributed by atoms with Gasteiger partial charge in [0.2, 0.25) is 0 Å². The van der Waals surface area contributed by atoms with Crippen molar-refractivity contribution in [2.24, 2.45) is 0 Å². The Morgan fingerprint density at radius 3 is 2.64 bits per heavy atom. The molecule has 0 bridgehead atoms. The minimum Gasteiger partial charge on any atom is -0.480 e. The highest BCUT2D eigenvalue weighted by Gasteiger charge is 2.33. The van der Waals surface area contributed by atoms with Gasteiger partial charge in [-0.25, -0.2) is 0 Å². The molecule has 0 saturated carbocycles. The second-order valence-electron chi connectivity index (χ2n) is 7.45. The van der Waals surface area contributed by atoms with E-state index in [4.69, 9.17) is 14.6 Å². The number of amides is 1. The minimum atomic E-state index is -0.875. The summed E-state index contributed by atoms with van der Waals surface area (Å²) in [5, 5.41) is 8.89. The predicted molar refractivity (Wildman–Crippen MR) is 103 cm³/mol. The smallest absolute Gasteiger partial charge is 0.317 e. The molecule has 2 unspecified atom stereocenters. The Labute approximate surface area is 165 Å². The highest BCUT2D eigenvalue weighted by molar-refractivity contribution is 5.81. The Hall–Kier alpha value is -2.00. The second kappa shape index (κ2) is 9.97. The summed E-state index contributed by atoms with van der Waals surface area (Å²) in [6.45, 7) is 4.61. The van der Waals surface area contributed by atoms with Crippen molar-refractivity contribution in [2.45, 2.75) is 18.8 Å². The van der Waals surface area contributed by atoms with Crippen molar-refractivity contribution in [2.75, 3.05) is 59.5 Å². The molecule has 0 aliphatic carbocycles. The number of carboxylic acids is 1. The number of likely N-dealkylation sites (N-methyl/N-ethyl adjacent to an activating group) is 1. The van der Waals surface area contributed by atoms with E-state index in [-0.39, 0.29) is 18.6 Å². The summed E-state index contributed by atoms with van der Waals surface area (Å²) >= 11 is 0. The van der Waals surface area contributed by atoms with E-state index in [0.29, 0.717) is 39.4 Å². The Kier molecular flexibility index (Phi) is 7.38. The third-order valence-electron chi connectivity index (χ3n) is 5.05. The van der Waals surface area contributed by atoms with Gasteiger partial charge in [-0.3, -0.25) is 19.4 Å². The lowest BCUT2D eigenvalue weighted by atomic mass is 10.1. The number of carbonyl (C=O) groups excluding carboxylic acids is 1. The van der Waals surface area contributed by atoms with Crippen molar-refractivity contribution in [3.63, 3.8) is 0 Å². The zero-order valence-corrected chi connectivity index (χ0v) is 16.3. The number of morpholine rings is 2. The van der Waals surface area contributed by atoms with Crippen molar-refractivity contribution < 1.29 is 24.2 Å². The van der Waals surface area contributed by atoms with E-state index in [9.17, 15) is 9.59 Å². The van der Waals surface area contributed by atoms with Crippen LogP contribution in [-0.4, -0.2) is 103 Å². The minimum absolute atomic E-state index is 0.00745. The predicted octanol–water partition coefficient (Wildman–Crippen LogP) is 0.131. The lowest BCUT2D eigenvalue weighted by molar-refractivity contribution is -0.157. The van der Waals surface area contributed by atoms with Crippen LogP contribution in [0.3, 0.4) is 0 Å². The molecule has 0 radical (unpaired) electrons. The average molecular weight is 391 g/mol. The van der Waals surface area contributed by atoms with E-state index < -0.39 is 12.1 Å². The summed E-state index contributed by atoms with van der Waals surface area (Å²) in [7, 11) is 1.74. The van der Waals surface area contributed by atoms with Crippen molar-refractivity contribution >= 4 is 11.9 Å². The summed E-state index contributed by atoms with van der Waals surface area (Å²) in [6, 6.07) is 10.2. The molecule has 1 N–H and O–H groups in total. The van der Waals surface area contributed by atoms with E-state index in [1.165, 1.54) is 5.56 Å². The third kappa shape index (κ3) is 6.00. The van der Waals surface area contributed by atoms with Gasteiger partial charge in [0.25, 0.3) is 5.91 Å². The molecule has 8 nitrogen and oxygen atoms in total. The summed E-state index contributed by atoms with van der Waals surface area (Å²) in [4.78, 5) is 29.5. The molecule has 1 aromatic rings. The van der Waals surface area contributed by atoms with Gasteiger partial charge in [-0.15, -0.1) is 0 Å². The summed E-state index contributed by atoms with van der Waals surface area (Å²) in [5.74, 6) is -0.882. The van der Waals surface area contributed by atoms with Crippen LogP contribution >= 0.6 is 0 Å². The third-order valence-corrected chi connectivity index (χ3v) is 5.05. The molecule has 2 atom stereocenters. The summed E-state index contributed by atoms with van der Waals surface area (Å²) in [5.41, 5.74) is 1.23. The Bertz CT molecular complexity index is 657. The van der Waals surface area contributed by atoms with Gasteiger partial charge >= 0.3 is 5.97 Å². The lowest BCUT2D eigenvalue weighted by Gasteiger charge is -2.38. The Balaban J connectivity index is 1.51. The quantitative estimate of drug-likeness (QED) is 0.708. The molecule has 2 fully saturated rings. The van der Waals surface area contributed by atoms with Gasteiger partial charge in [0, 0.05) is 39.3 Å². The highest BCUT2D eigenvalue weighted by atomic mass is 16.5. The van der Waals surface area contributed by atoms with Crippen LogP contribution < -0.4 is 0 Å². The number of carboxylic acid groups (broad SMARTS) is 1. The van der Waals surface area contributed by atoms with E-state index >= 15 is 0 Å². The molecule has 1 amide bonds. The first-order valence-corrected chi connectivity index (χ1v) is 9.70. The first kappa shape index (κ1) is 20.7. The number of nitrogens with zero attached hydrogens (tertiary/aromatic N) is 3. The maximum Gasteiger partial charge on any atom is 0.317 e. The van der Waals surface area contributed by atoms with Crippen LogP contribution in [-0.2, 0) is 25.6 Å². The highest BCUT2D eigenvalue weighted by Crippen LogP contribution is 2.15. The topological polar surface area (TPSA) is 82.6 Å². The molecule has 8 heteroatoms. The zero-order valence-electron chi connectivity index (χ0n) is 16.3. The van der Waals surface area contributed by atoms with Gasteiger partial charge in [-0.05, 0) is 12.6 Å². The van der Waals surface area contributed by atoms with E-state index in [1.807, 2.05) is 18.2 Å². The second-order valence-corrected chi connectivity index (χ2v) is 7.45. The Morgan fingerprint density at radius 2 is 1.89 bits per heavy atom. The van der Waals surface area contributed by atoms with Crippen molar-refractivity contribution in [1.82, 2.24) is 14.7 Å². The van der Waals surface area contributed by atoms with E-state index in [0.717, 1.165) is 13.1 Å². The van der Waals surface area contributed by atoms with Crippen LogP contribution in [0.4, 0.5) is 0 Å². The molecule has 0 aromatic heterocycles. The van der Waals surface area contributed by atoms with Crippen LogP contribution in [0.25, 0.3) is 0 Å². The number of rotatable bonds is 7. The molecular weight excluding hydrogens is 362 g/mol. The summed E-state index contributed by atoms with van der Waals surface area (Å²) in [6.07, 6.45) is -0.654. The maximum absolute atomic E-state index is 13.0. The van der Waals surface area contributed by atoms with Crippen LogP contribution in [0, 0.1) is 0 Å². The van der Waals surface area contributed by atoms with Crippen LogP contribution in [0.5, 0.6) is 0 Å². The van der Waals surface area contributed by atoms with Gasteiger partial charge in [-0.1, -0.05) is 30.3 Å². The molecular formula is C20H29N3O5. The van der Waals surface area contributed by atoms with Crippen LogP contribution in [0.1, 0.15) is 5.56 Å². The fourth-order valence-corrected chi connectivity index (χ4v) is 3.71. The maximum atomic E-state index is 13.0. The standard InChI is InChI=1S/C20H29N3O5/c1-21(15-19(24)25)12-17-13-23(8-10-27-17)20(26)18-14-22(7-9-28-18)11-16-5-3-2-4-6-16/h2-6,17-18H,7-15H2,1H3,(H,24,25). The number of aliphatic carboxylic acids is 1. The molecule has 0 spiro atoms. The monoisotopic (exact) mass is 391 g/mol. The molecule has 2 heterocycles. The van der Waals surface area contributed by atoms with Gasteiger partial charge < -0.3 is 19.5 Å². The first-order chi connectivity index (χ1) is 13.5. The number of carbonyl (C=O) groups is 2. The van der Waals surface area contributed by atoms with Crippen molar-refractivity contribution in [1.29, 1.82) is 0 Å². The SMILES string of the molecule is CN(CC(=O)O)CC1CN(C(=O)C2CN(Cc3ccccc3)CCO2)CCO1. The number of ether oxygens (including phenoxy) is 2. The van der Waals surface area contributed by atoms with Crippen molar-refractivity contribution in [3.8, 4) is 0 Å². The zero-order chi connectivity index (χ0) is 19.9. The lowest BCUT2D eigenvalue weighted by Crippen LogP contribution is -2.56. The number of hydrogen-bond acceptors (Lipinski definition) is 6. The van der Waals surface area contributed by atoms with Gasteiger partial charge in [0.05, 0.1) is 25.9 Å². The molecule has 28 heavy (non-hydrogen) atoms. The number of hydrogen-bond donors (Lipinski definition) is 1. The molecule has 3 rings (SSSR count). The van der Waals surface area contributed by atoms with E-state index in [1.54, 1.807) is 16.8 Å². The van der Waals surface area contributed by atoms with Crippen LogP contribution in [0.15, 0.2) is 30.3 Å². The molecule has 1 aromatic carbocycles. The fraction of sp³-hybridized carbons (Fsp3) is 0.600. The number of benzene rings is 1. The fourth-order valence-electron chi connectivity index (χ4n) is 3.71. The molecule has 2 saturated heterocycles. The van der Waals surface area contributed by atoms with Crippen LogP contribution in [0.2, 0.25) is 0 Å². The van der Waals surface area contributed by atoms with Gasteiger partial charge in [-0.2, -0.15) is 0 Å².